The molecule has 0 heterocycles. The summed E-state index contributed by atoms with van der Waals surface area (Å²) < 4.78 is 27.5. The minimum Gasteiger partial charge on any atom is -0.339 e. The van der Waals surface area contributed by atoms with Crippen molar-refractivity contribution in [3.8, 4) is 0 Å². The summed E-state index contributed by atoms with van der Waals surface area (Å²) in [6.07, 6.45) is 0. The second-order valence-electron chi connectivity index (χ2n) is 7.13. The van der Waals surface area contributed by atoms with E-state index in [1.165, 1.54) is 24.3 Å². The predicted octanol–water partition coefficient (Wildman–Crippen LogP) is 4.88. The van der Waals surface area contributed by atoms with E-state index in [-0.39, 0.29) is 27.1 Å². The van der Waals surface area contributed by atoms with E-state index in [1.54, 1.807) is 53.4 Å². The Labute approximate surface area is 198 Å². The van der Waals surface area contributed by atoms with Crippen LogP contribution in [0.3, 0.4) is 0 Å². The molecule has 7 nitrogen and oxygen atoms in total. The molecule has 9 heteroatoms. The van der Waals surface area contributed by atoms with Crippen LogP contribution in [0.2, 0.25) is 5.02 Å². The highest BCUT2D eigenvalue weighted by Gasteiger charge is 2.18. The number of nitrogens with one attached hydrogen (secondary N) is 2. The molecule has 0 spiro atoms. The molecule has 3 rings (SSSR count). The van der Waals surface area contributed by atoms with Gasteiger partial charge in [-0.15, -0.1) is 0 Å². The lowest BCUT2D eigenvalue weighted by Gasteiger charge is -2.19. The molecule has 0 aromatic heterocycles. The van der Waals surface area contributed by atoms with Crippen LogP contribution in [0.4, 0.5) is 11.4 Å². The van der Waals surface area contributed by atoms with Gasteiger partial charge in [0.2, 0.25) is 0 Å². The maximum absolute atomic E-state index is 12.7. The number of amides is 2. The molecule has 3 aromatic carbocycles. The Morgan fingerprint density at radius 2 is 1.58 bits per heavy atom. The Bertz CT molecular complexity index is 1260. The van der Waals surface area contributed by atoms with Crippen molar-refractivity contribution in [3.05, 3.63) is 88.9 Å². The van der Waals surface area contributed by atoms with Gasteiger partial charge in [-0.3, -0.25) is 14.3 Å². The smallest absolute Gasteiger partial charge is 0.261 e. The number of hydrogen-bond donors (Lipinski definition) is 2. The third kappa shape index (κ3) is 5.91. The van der Waals surface area contributed by atoms with Gasteiger partial charge in [0.05, 0.1) is 15.5 Å². The zero-order chi connectivity index (χ0) is 24.0. The number of halogens is 1. The summed E-state index contributed by atoms with van der Waals surface area (Å²) in [6, 6.07) is 18.8. The minimum atomic E-state index is -3.78. The Morgan fingerprint density at radius 3 is 2.21 bits per heavy atom. The van der Waals surface area contributed by atoms with Crippen molar-refractivity contribution >= 4 is 44.8 Å². The molecule has 0 aliphatic heterocycles. The van der Waals surface area contributed by atoms with Gasteiger partial charge in [-0.2, -0.15) is 0 Å². The summed E-state index contributed by atoms with van der Waals surface area (Å²) in [5.41, 5.74) is 1.28. The lowest BCUT2D eigenvalue weighted by molar-refractivity contribution is 0.0773. The summed E-state index contributed by atoms with van der Waals surface area (Å²) in [7, 11) is -3.78. The summed E-state index contributed by atoms with van der Waals surface area (Å²) in [5, 5.41) is 2.95. The molecular weight excluding hydrogens is 462 g/mol. The van der Waals surface area contributed by atoms with Crippen molar-refractivity contribution in [1.82, 2.24) is 4.90 Å². The van der Waals surface area contributed by atoms with Crippen LogP contribution in [0, 0.1) is 0 Å². The number of rotatable bonds is 8. The average molecular weight is 486 g/mol. The first-order chi connectivity index (χ1) is 15.7. The summed E-state index contributed by atoms with van der Waals surface area (Å²) in [6.45, 7) is 4.90. The number of sulfonamides is 1. The van der Waals surface area contributed by atoms with Crippen LogP contribution < -0.4 is 10.0 Å². The molecule has 172 valence electrons. The van der Waals surface area contributed by atoms with Gasteiger partial charge in [0, 0.05) is 30.0 Å². The molecule has 0 fully saturated rings. The van der Waals surface area contributed by atoms with Crippen molar-refractivity contribution in [2.75, 3.05) is 23.1 Å². The fourth-order valence-corrected chi connectivity index (χ4v) is 4.52. The second kappa shape index (κ2) is 10.5. The van der Waals surface area contributed by atoms with E-state index in [4.69, 9.17) is 11.6 Å². The highest BCUT2D eigenvalue weighted by Crippen LogP contribution is 2.24. The van der Waals surface area contributed by atoms with Crippen molar-refractivity contribution in [3.63, 3.8) is 0 Å². The highest BCUT2D eigenvalue weighted by molar-refractivity contribution is 7.92. The van der Waals surface area contributed by atoms with Gasteiger partial charge < -0.3 is 10.2 Å². The van der Waals surface area contributed by atoms with Gasteiger partial charge >= 0.3 is 0 Å². The van der Waals surface area contributed by atoms with E-state index in [0.29, 0.717) is 24.3 Å². The first-order valence-corrected chi connectivity index (χ1v) is 12.2. The maximum Gasteiger partial charge on any atom is 0.261 e. The Morgan fingerprint density at radius 1 is 0.879 bits per heavy atom. The third-order valence-electron chi connectivity index (χ3n) is 4.94. The normalized spacial score (nSPS) is 11.0. The topological polar surface area (TPSA) is 95.6 Å². The number of anilines is 2. The second-order valence-corrected chi connectivity index (χ2v) is 9.22. The predicted molar refractivity (Wildman–Crippen MR) is 130 cm³/mol. The molecule has 0 radical (unpaired) electrons. The van der Waals surface area contributed by atoms with Crippen molar-refractivity contribution in [2.24, 2.45) is 0 Å². The van der Waals surface area contributed by atoms with Gasteiger partial charge in [-0.05, 0) is 62.4 Å². The van der Waals surface area contributed by atoms with Crippen LogP contribution in [-0.2, 0) is 10.0 Å². The Hall–Kier alpha value is -3.36. The van der Waals surface area contributed by atoms with Gasteiger partial charge in [0.15, 0.2) is 0 Å². The average Bonchev–Trinajstić information content (AvgIpc) is 2.80. The Kier molecular flexibility index (Phi) is 7.73. The summed E-state index contributed by atoms with van der Waals surface area (Å²) in [4.78, 5) is 27.0. The molecule has 3 aromatic rings. The molecule has 2 N–H and O–H groups in total. The summed E-state index contributed by atoms with van der Waals surface area (Å²) >= 11 is 6.29. The number of carbonyl (C=O) groups excluding carboxylic acids is 2. The molecule has 33 heavy (non-hydrogen) atoms. The number of carbonyl (C=O) groups is 2. The van der Waals surface area contributed by atoms with E-state index in [0.717, 1.165) is 0 Å². The number of nitrogens with zero attached hydrogens (tertiary/aromatic N) is 1. The monoisotopic (exact) mass is 485 g/mol. The van der Waals surface area contributed by atoms with Gasteiger partial charge in [-0.1, -0.05) is 35.9 Å². The van der Waals surface area contributed by atoms with Crippen molar-refractivity contribution < 1.29 is 18.0 Å². The van der Waals surface area contributed by atoms with Crippen LogP contribution in [0.25, 0.3) is 0 Å². The first-order valence-electron chi connectivity index (χ1n) is 10.3. The van der Waals surface area contributed by atoms with E-state index in [1.807, 2.05) is 13.8 Å². The third-order valence-corrected chi connectivity index (χ3v) is 6.65. The lowest BCUT2D eigenvalue weighted by atomic mass is 10.1. The number of benzene rings is 3. The standard InChI is InChI=1S/C24H24ClN3O4S/c1-3-28(4-2)24(30)21-14-13-18(16-22(21)25)26-23(29)17-9-8-10-19(15-17)27-33(31,32)20-11-6-5-7-12-20/h5-16,27H,3-4H2,1-2H3,(H,26,29). The zero-order valence-corrected chi connectivity index (χ0v) is 19.8. The Balaban J connectivity index is 1.75. The summed E-state index contributed by atoms with van der Waals surface area (Å²) in [5.74, 6) is -0.629. The van der Waals surface area contributed by atoms with Gasteiger partial charge in [-0.25, -0.2) is 8.42 Å². The molecular formula is C24H24ClN3O4S. The van der Waals surface area contributed by atoms with Gasteiger partial charge in [0.1, 0.15) is 0 Å². The molecule has 0 saturated heterocycles. The SMILES string of the molecule is CCN(CC)C(=O)c1ccc(NC(=O)c2cccc(NS(=O)(=O)c3ccccc3)c2)cc1Cl. The maximum atomic E-state index is 12.7. The van der Waals surface area contributed by atoms with E-state index in [2.05, 4.69) is 10.0 Å². The fourth-order valence-electron chi connectivity index (χ4n) is 3.19. The lowest BCUT2D eigenvalue weighted by Crippen LogP contribution is -2.30. The van der Waals surface area contributed by atoms with E-state index < -0.39 is 15.9 Å². The van der Waals surface area contributed by atoms with E-state index >= 15 is 0 Å². The molecule has 0 aliphatic rings. The van der Waals surface area contributed by atoms with Crippen LogP contribution in [0.5, 0.6) is 0 Å². The van der Waals surface area contributed by atoms with Crippen LogP contribution in [0.1, 0.15) is 34.6 Å². The molecule has 0 bridgehead atoms. The fraction of sp³-hybridized carbons (Fsp3) is 0.167. The molecule has 0 saturated carbocycles. The molecule has 2 amide bonds. The zero-order valence-electron chi connectivity index (χ0n) is 18.2. The van der Waals surface area contributed by atoms with Crippen molar-refractivity contribution in [2.45, 2.75) is 18.7 Å². The van der Waals surface area contributed by atoms with Crippen LogP contribution in [0.15, 0.2) is 77.7 Å². The molecule has 0 unspecified atom stereocenters. The minimum absolute atomic E-state index is 0.119. The first kappa shape index (κ1) is 24.3. The van der Waals surface area contributed by atoms with Gasteiger partial charge in [0.25, 0.3) is 21.8 Å². The number of hydrogen-bond acceptors (Lipinski definition) is 4. The van der Waals surface area contributed by atoms with E-state index in [9.17, 15) is 18.0 Å². The van der Waals surface area contributed by atoms with Crippen LogP contribution in [-0.4, -0.2) is 38.2 Å². The largest absolute Gasteiger partial charge is 0.339 e. The molecule has 0 atom stereocenters. The quantitative estimate of drug-likeness (QED) is 0.475. The highest BCUT2D eigenvalue weighted by atomic mass is 35.5. The van der Waals surface area contributed by atoms with Crippen LogP contribution >= 0.6 is 11.6 Å². The van der Waals surface area contributed by atoms with Crippen molar-refractivity contribution in [1.29, 1.82) is 0 Å². The molecule has 0 aliphatic carbocycles.